The van der Waals surface area contributed by atoms with Gasteiger partial charge in [0.05, 0.1) is 6.61 Å². The molecule has 0 saturated carbocycles. The van der Waals surface area contributed by atoms with Gasteiger partial charge in [-0.1, -0.05) is 12.2 Å². The Morgan fingerprint density at radius 3 is 3.12 bits per heavy atom. The molecule has 1 aliphatic carbocycles. The number of allylic oxidation sites excluding steroid dienone is 1. The highest BCUT2D eigenvalue weighted by molar-refractivity contribution is 4.95. The van der Waals surface area contributed by atoms with Crippen molar-refractivity contribution < 1.29 is 4.74 Å². The van der Waals surface area contributed by atoms with E-state index in [9.17, 15) is 0 Å². The number of hydrogen-bond acceptors (Lipinski definition) is 1. The molecule has 0 aromatic heterocycles. The fourth-order valence-electron chi connectivity index (χ4n) is 1.05. The molecule has 1 nitrogen and oxygen atoms in total. The second-order valence-electron chi connectivity index (χ2n) is 2.22. The molecule has 0 aromatic carbocycles. The maximum absolute atomic E-state index is 4.97. The second kappa shape index (κ2) is 2.88. The van der Waals surface area contributed by atoms with Crippen LogP contribution in [0.25, 0.3) is 0 Å². The molecule has 1 atom stereocenters. The largest absolute Gasteiger partial charge is 0.384 e. The Balaban J connectivity index is 2.16. The maximum Gasteiger partial charge on any atom is 0.0525 e. The third-order valence-electron chi connectivity index (χ3n) is 1.49. The van der Waals surface area contributed by atoms with Gasteiger partial charge in [-0.25, -0.2) is 0 Å². The van der Waals surface area contributed by atoms with Crippen molar-refractivity contribution in [1.29, 1.82) is 0 Å². The van der Waals surface area contributed by atoms with E-state index in [0.29, 0.717) is 5.92 Å². The zero-order valence-corrected chi connectivity index (χ0v) is 5.26. The van der Waals surface area contributed by atoms with Gasteiger partial charge in [-0.05, 0) is 12.8 Å². The highest BCUT2D eigenvalue weighted by Crippen LogP contribution is 2.16. The molecule has 0 amide bonds. The van der Waals surface area contributed by atoms with Crippen molar-refractivity contribution in [2.24, 2.45) is 5.92 Å². The van der Waals surface area contributed by atoms with Gasteiger partial charge in [0.15, 0.2) is 0 Å². The van der Waals surface area contributed by atoms with E-state index in [2.05, 4.69) is 12.2 Å². The third-order valence-corrected chi connectivity index (χ3v) is 1.49. The van der Waals surface area contributed by atoms with Gasteiger partial charge in [-0.15, -0.1) is 0 Å². The molecule has 0 saturated heterocycles. The van der Waals surface area contributed by atoms with Gasteiger partial charge < -0.3 is 4.74 Å². The standard InChI is InChI=1S/C7H12O/c1-8-6-7-4-2-3-5-7/h2,4,7H,3,5-6H2,1H3/t7-/m1/s1. The summed E-state index contributed by atoms with van der Waals surface area (Å²) in [6, 6.07) is 0. The number of methoxy groups -OCH3 is 1. The highest BCUT2D eigenvalue weighted by atomic mass is 16.5. The van der Waals surface area contributed by atoms with Crippen molar-refractivity contribution in [2.45, 2.75) is 12.8 Å². The molecule has 0 heterocycles. The Morgan fingerprint density at radius 2 is 2.62 bits per heavy atom. The van der Waals surface area contributed by atoms with E-state index in [4.69, 9.17) is 4.74 Å². The number of rotatable bonds is 2. The van der Waals surface area contributed by atoms with Gasteiger partial charge in [-0.2, -0.15) is 0 Å². The fraction of sp³-hybridized carbons (Fsp3) is 0.714. The van der Waals surface area contributed by atoms with Crippen molar-refractivity contribution in [1.82, 2.24) is 0 Å². The van der Waals surface area contributed by atoms with Crippen molar-refractivity contribution in [2.75, 3.05) is 13.7 Å². The Morgan fingerprint density at radius 1 is 1.75 bits per heavy atom. The van der Waals surface area contributed by atoms with Gasteiger partial charge in [0.2, 0.25) is 0 Å². The zero-order valence-electron chi connectivity index (χ0n) is 5.26. The normalized spacial score (nSPS) is 26.9. The smallest absolute Gasteiger partial charge is 0.0525 e. The van der Waals surface area contributed by atoms with E-state index >= 15 is 0 Å². The van der Waals surface area contributed by atoms with E-state index in [1.807, 2.05) is 0 Å². The van der Waals surface area contributed by atoms with E-state index in [-0.39, 0.29) is 0 Å². The molecular formula is C7H12O. The van der Waals surface area contributed by atoms with Crippen LogP contribution in [0.15, 0.2) is 12.2 Å². The van der Waals surface area contributed by atoms with Crippen LogP contribution in [0.3, 0.4) is 0 Å². The summed E-state index contributed by atoms with van der Waals surface area (Å²) in [5.41, 5.74) is 0. The van der Waals surface area contributed by atoms with Gasteiger partial charge in [0, 0.05) is 13.0 Å². The fourth-order valence-corrected chi connectivity index (χ4v) is 1.05. The first-order chi connectivity index (χ1) is 3.93. The van der Waals surface area contributed by atoms with E-state index in [1.165, 1.54) is 12.8 Å². The molecule has 1 aliphatic rings. The minimum absolute atomic E-state index is 0.708. The molecule has 0 unspecified atom stereocenters. The summed E-state index contributed by atoms with van der Waals surface area (Å²) in [5, 5.41) is 0. The van der Waals surface area contributed by atoms with Gasteiger partial charge in [0.1, 0.15) is 0 Å². The first kappa shape index (κ1) is 5.83. The van der Waals surface area contributed by atoms with Crippen molar-refractivity contribution in [3.63, 3.8) is 0 Å². The summed E-state index contributed by atoms with van der Waals surface area (Å²) in [6.45, 7) is 0.899. The SMILES string of the molecule is COC[C@@H]1C=CCC1. The topological polar surface area (TPSA) is 9.23 Å². The molecule has 1 rings (SSSR count). The quantitative estimate of drug-likeness (QED) is 0.493. The molecule has 46 valence electrons. The Hall–Kier alpha value is -0.300. The molecule has 0 spiro atoms. The van der Waals surface area contributed by atoms with Crippen LogP contribution >= 0.6 is 0 Å². The summed E-state index contributed by atoms with van der Waals surface area (Å²) in [7, 11) is 1.76. The predicted molar refractivity (Wildman–Crippen MR) is 33.7 cm³/mol. The zero-order chi connectivity index (χ0) is 5.82. The summed E-state index contributed by atoms with van der Waals surface area (Å²) in [5.74, 6) is 0.708. The molecule has 0 N–H and O–H groups in total. The predicted octanol–water partition coefficient (Wildman–Crippen LogP) is 1.60. The summed E-state index contributed by atoms with van der Waals surface area (Å²) in [6.07, 6.45) is 7.00. The maximum atomic E-state index is 4.97. The number of ether oxygens (including phenoxy) is 1. The lowest BCUT2D eigenvalue weighted by Gasteiger charge is -2.02. The van der Waals surface area contributed by atoms with Crippen molar-refractivity contribution in [3.05, 3.63) is 12.2 Å². The summed E-state index contributed by atoms with van der Waals surface area (Å²) >= 11 is 0. The van der Waals surface area contributed by atoms with Crippen LogP contribution in [0.2, 0.25) is 0 Å². The first-order valence-corrected chi connectivity index (χ1v) is 3.09. The summed E-state index contributed by atoms with van der Waals surface area (Å²) in [4.78, 5) is 0. The Kier molecular flexibility index (Phi) is 2.10. The molecule has 1 heteroatoms. The monoisotopic (exact) mass is 112 g/mol. The second-order valence-corrected chi connectivity index (χ2v) is 2.22. The van der Waals surface area contributed by atoms with Crippen LogP contribution < -0.4 is 0 Å². The minimum Gasteiger partial charge on any atom is -0.384 e. The van der Waals surface area contributed by atoms with E-state index in [0.717, 1.165) is 6.61 Å². The lowest BCUT2D eigenvalue weighted by molar-refractivity contribution is 0.169. The summed E-state index contributed by atoms with van der Waals surface area (Å²) < 4.78 is 4.97. The molecule has 0 radical (unpaired) electrons. The first-order valence-electron chi connectivity index (χ1n) is 3.09. The molecule has 0 aliphatic heterocycles. The average molecular weight is 112 g/mol. The minimum atomic E-state index is 0.708. The van der Waals surface area contributed by atoms with E-state index < -0.39 is 0 Å². The van der Waals surface area contributed by atoms with Gasteiger partial charge in [0.25, 0.3) is 0 Å². The molecule has 8 heavy (non-hydrogen) atoms. The molecule has 0 aromatic rings. The van der Waals surface area contributed by atoms with Gasteiger partial charge in [-0.3, -0.25) is 0 Å². The van der Waals surface area contributed by atoms with Crippen LogP contribution in [-0.2, 0) is 4.74 Å². The molecule has 0 bridgehead atoms. The van der Waals surface area contributed by atoms with E-state index in [1.54, 1.807) is 7.11 Å². The Labute approximate surface area is 50.3 Å². The third kappa shape index (κ3) is 1.34. The van der Waals surface area contributed by atoms with Gasteiger partial charge >= 0.3 is 0 Å². The Bertz CT molecular complexity index is 86.4. The molecule has 0 fully saturated rings. The molecular weight excluding hydrogens is 100 g/mol. The van der Waals surface area contributed by atoms with Crippen LogP contribution in [-0.4, -0.2) is 13.7 Å². The van der Waals surface area contributed by atoms with Crippen LogP contribution in [0.5, 0.6) is 0 Å². The lowest BCUT2D eigenvalue weighted by Crippen LogP contribution is -2.00. The van der Waals surface area contributed by atoms with Crippen LogP contribution in [0.4, 0.5) is 0 Å². The average Bonchev–Trinajstić information content (AvgIpc) is 2.19. The van der Waals surface area contributed by atoms with Crippen LogP contribution in [0.1, 0.15) is 12.8 Å². The highest BCUT2D eigenvalue weighted by Gasteiger charge is 2.06. The van der Waals surface area contributed by atoms with Crippen LogP contribution in [0, 0.1) is 5.92 Å². The lowest BCUT2D eigenvalue weighted by atomic mass is 10.1. The van der Waals surface area contributed by atoms with Crippen molar-refractivity contribution >= 4 is 0 Å². The number of hydrogen-bond donors (Lipinski definition) is 0. The van der Waals surface area contributed by atoms with Crippen molar-refractivity contribution in [3.8, 4) is 0 Å².